The third kappa shape index (κ3) is 2.65. The summed E-state index contributed by atoms with van der Waals surface area (Å²) < 4.78 is 7.15. The standard InChI is InChI=1S/C13H18N4O3S/c1-7(8(2)12(18)19)11-16-17-10(14-15-13(17)21-11)9-3-5-20-6-4-9/h7-9H,3-6H2,1-2H3,(H,18,19). The van der Waals surface area contributed by atoms with Gasteiger partial charge in [-0.05, 0) is 12.8 Å². The molecule has 2 aromatic rings. The zero-order chi connectivity index (χ0) is 15.0. The Hall–Kier alpha value is -1.54. The van der Waals surface area contributed by atoms with Gasteiger partial charge in [-0.25, -0.2) is 0 Å². The maximum Gasteiger partial charge on any atom is 0.306 e. The molecule has 21 heavy (non-hydrogen) atoms. The molecule has 1 fully saturated rings. The average Bonchev–Trinajstić information content (AvgIpc) is 3.06. The van der Waals surface area contributed by atoms with Crippen molar-refractivity contribution in [2.45, 2.75) is 38.5 Å². The largest absolute Gasteiger partial charge is 0.481 e. The molecule has 0 aliphatic carbocycles. The van der Waals surface area contributed by atoms with Crippen LogP contribution in [0.5, 0.6) is 0 Å². The fraction of sp³-hybridized carbons (Fsp3) is 0.692. The Morgan fingerprint density at radius 1 is 1.38 bits per heavy atom. The molecule has 3 rings (SSSR count). The lowest BCUT2D eigenvalue weighted by atomic mass is 9.97. The minimum atomic E-state index is -0.807. The zero-order valence-electron chi connectivity index (χ0n) is 12.0. The summed E-state index contributed by atoms with van der Waals surface area (Å²) >= 11 is 1.42. The van der Waals surface area contributed by atoms with Gasteiger partial charge in [0.1, 0.15) is 5.01 Å². The number of carbonyl (C=O) groups is 1. The third-order valence-corrected chi connectivity index (χ3v) is 5.25. The molecule has 0 aromatic carbocycles. The molecular weight excluding hydrogens is 292 g/mol. The molecule has 0 saturated carbocycles. The van der Waals surface area contributed by atoms with Gasteiger partial charge < -0.3 is 9.84 Å². The van der Waals surface area contributed by atoms with Crippen molar-refractivity contribution in [2.24, 2.45) is 5.92 Å². The maximum atomic E-state index is 11.1. The first kappa shape index (κ1) is 14.4. The quantitative estimate of drug-likeness (QED) is 0.927. The molecule has 114 valence electrons. The fourth-order valence-corrected chi connectivity index (χ4v) is 3.47. The van der Waals surface area contributed by atoms with E-state index in [2.05, 4.69) is 15.3 Å². The molecule has 2 atom stereocenters. The van der Waals surface area contributed by atoms with Gasteiger partial charge in [-0.1, -0.05) is 25.2 Å². The summed E-state index contributed by atoms with van der Waals surface area (Å²) in [6, 6.07) is 0. The molecular formula is C13H18N4O3S. The number of fused-ring (bicyclic) bond motifs is 1. The van der Waals surface area contributed by atoms with Gasteiger partial charge >= 0.3 is 5.97 Å². The number of nitrogens with zero attached hydrogens (tertiary/aromatic N) is 4. The molecule has 1 aliphatic heterocycles. The minimum Gasteiger partial charge on any atom is -0.481 e. The van der Waals surface area contributed by atoms with Crippen LogP contribution in [-0.4, -0.2) is 44.1 Å². The van der Waals surface area contributed by atoms with Crippen LogP contribution in [0.1, 0.15) is 49.4 Å². The molecule has 0 bridgehead atoms. The van der Waals surface area contributed by atoms with Crippen LogP contribution in [0.15, 0.2) is 0 Å². The number of aliphatic carboxylic acids is 1. The van der Waals surface area contributed by atoms with Gasteiger partial charge in [0.2, 0.25) is 4.96 Å². The monoisotopic (exact) mass is 310 g/mol. The molecule has 7 nitrogen and oxygen atoms in total. The summed E-state index contributed by atoms with van der Waals surface area (Å²) in [6.07, 6.45) is 1.85. The van der Waals surface area contributed by atoms with Gasteiger partial charge in [-0.2, -0.15) is 9.61 Å². The number of hydrogen-bond donors (Lipinski definition) is 1. The van der Waals surface area contributed by atoms with Crippen molar-refractivity contribution in [3.8, 4) is 0 Å². The van der Waals surface area contributed by atoms with Crippen molar-refractivity contribution >= 4 is 22.3 Å². The van der Waals surface area contributed by atoms with E-state index in [-0.39, 0.29) is 5.92 Å². The van der Waals surface area contributed by atoms with Crippen LogP contribution in [0, 0.1) is 5.92 Å². The molecule has 1 saturated heterocycles. The third-order valence-electron chi connectivity index (χ3n) is 4.15. The minimum absolute atomic E-state index is 0.142. The van der Waals surface area contributed by atoms with Gasteiger partial charge in [0.05, 0.1) is 5.92 Å². The Morgan fingerprint density at radius 2 is 2.10 bits per heavy atom. The first-order chi connectivity index (χ1) is 10.1. The lowest BCUT2D eigenvalue weighted by molar-refractivity contribution is -0.141. The molecule has 8 heteroatoms. The average molecular weight is 310 g/mol. The van der Waals surface area contributed by atoms with E-state index in [1.54, 1.807) is 11.4 Å². The second-order valence-corrected chi connectivity index (χ2v) is 6.48. The van der Waals surface area contributed by atoms with E-state index in [4.69, 9.17) is 9.84 Å². The Kier molecular flexibility index (Phi) is 3.90. The highest BCUT2D eigenvalue weighted by Crippen LogP contribution is 2.31. The summed E-state index contributed by atoms with van der Waals surface area (Å²) in [5.41, 5.74) is 0. The predicted molar refractivity (Wildman–Crippen MR) is 76.7 cm³/mol. The van der Waals surface area contributed by atoms with E-state index in [1.807, 2.05) is 6.92 Å². The highest BCUT2D eigenvalue weighted by Gasteiger charge is 2.27. The van der Waals surface area contributed by atoms with Gasteiger partial charge in [0.15, 0.2) is 5.82 Å². The number of carboxylic acids is 1. The van der Waals surface area contributed by atoms with Crippen LogP contribution in [0.4, 0.5) is 0 Å². The number of carboxylic acid groups (broad SMARTS) is 1. The van der Waals surface area contributed by atoms with Crippen molar-refractivity contribution in [3.05, 3.63) is 10.8 Å². The molecule has 1 N–H and O–H groups in total. The van der Waals surface area contributed by atoms with E-state index in [9.17, 15) is 4.79 Å². The normalized spacial score (nSPS) is 19.7. The van der Waals surface area contributed by atoms with Crippen LogP contribution in [0.3, 0.4) is 0 Å². The number of ether oxygens (including phenoxy) is 1. The van der Waals surface area contributed by atoms with Gasteiger partial charge in [0.25, 0.3) is 0 Å². The van der Waals surface area contributed by atoms with Crippen LogP contribution in [0.2, 0.25) is 0 Å². The van der Waals surface area contributed by atoms with Crippen LogP contribution in [-0.2, 0) is 9.53 Å². The maximum absolute atomic E-state index is 11.1. The molecule has 0 spiro atoms. The number of rotatable bonds is 4. The van der Waals surface area contributed by atoms with E-state index in [0.29, 0.717) is 5.92 Å². The van der Waals surface area contributed by atoms with Crippen molar-refractivity contribution in [3.63, 3.8) is 0 Å². The molecule has 2 aromatic heterocycles. The Morgan fingerprint density at radius 3 is 2.76 bits per heavy atom. The van der Waals surface area contributed by atoms with Gasteiger partial charge in [-0.15, -0.1) is 10.2 Å². The van der Waals surface area contributed by atoms with Crippen LogP contribution < -0.4 is 0 Å². The summed E-state index contributed by atoms with van der Waals surface area (Å²) in [5.74, 6) is -0.239. The molecule has 0 amide bonds. The summed E-state index contributed by atoms with van der Waals surface area (Å²) in [4.78, 5) is 11.8. The first-order valence-corrected chi connectivity index (χ1v) is 7.92. The zero-order valence-corrected chi connectivity index (χ0v) is 12.8. The summed E-state index contributed by atoms with van der Waals surface area (Å²) in [7, 11) is 0. The summed E-state index contributed by atoms with van der Waals surface area (Å²) in [5, 5.41) is 22.9. The van der Waals surface area contributed by atoms with Gasteiger partial charge in [-0.3, -0.25) is 4.79 Å². The highest BCUT2D eigenvalue weighted by molar-refractivity contribution is 7.16. The second-order valence-electron chi connectivity index (χ2n) is 5.50. The summed E-state index contributed by atoms with van der Waals surface area (Å²) in [6.45, 7) is 5.07. The Bertz CT molecular complexity index is 647. The smallest absolute Gasteiger partial charge is 0.306 e. The number of aromatic nitrogens is 4. The van der Waals surface area contributed by atoms with E-state index < -0.39 is 11.9 Å². The predicted octanol–water partition coefficient (Wildman–Crippen LogP) is 1.90. The van der Waals surface area contributed by atoms with Crippen molar-refractivity contribution in [1.29, 1.82) is 0 Å². The van der Waals surface area contributed by atoms with Crippen LogP contribution in [0.25, 0.3) is 4.96 Å². The van der Waals surface area contributed by atoms with Crippen molar-refractivity contribution < 1.29 is 14.6 Å². The molecule has 0 radical (unpaired) electrons. The van der Waals surface area contributed by atoms with E-state index in [0.717, 1.165) is 41.8 Å². The molecule has 2 unspecified atom stereocenters. The van der Waals surface area contributed by atoms with E-state index in [1.165, 1.54) is 11.3 Å². The Labute approximate surface area is 125 Å². The van der Waals surface area contributed by atoms with Crippen molar-refractivity contribution in [1.82, 2.24) is 19.8 Å². The van der Waals surface area contributed by atoms with Gasteiger partial charge in [0, 0.05) is 25.0 Å². The van der Waals surface area contributed by atoms with E-state index >= 15 is 0 Å². The van der Waals surface area contributed by atoms with Crippen molar-refractivity contribution in [2.75, 3.05) is 13.2 Å². The van der Waals surface area contributed by atoms with Crippen LogP contribution >= 0.6 is 11.3 Å². The highest BCUT2D eigenvalue weighted by atomic mass is 32.1. The molecule has 1 aliphatic rings. The lowest BCUT2D eigenvalue weighted by Crippen LogP contribution is -2.18. The Balaban J connectivity index is 1.90. The fourth-order valence-electron chi connectivity index (χ4n) is 2.47. The SMILES string of the molecule is CC(C(=O)O)C(C)c1nn2c(C3CCOCC3)nnc2s1. The molecule has 3 heterocycles. The second kappa shape index (κ2) is 5.69. The number of hydrogen-bond acceptors (Lipinski definition) is 6. The first-order valence-electron chi connectivity index (χ1n) is 7.10. The topological polar surface area (TPSA) is 89.6 Å². The lowest BCUT2D eigenvalue weighted by Gasteiger charge is -2.19.